The molecule has 0 spiro atoms. The Hall–Kier alpha value is -1.36. The predicted octanol–water partition coefficient (Wildman–Crippen LogP) is 2.11. The molecule has 0 atom stereocenters. The van der Waals surface area contributed by atoms with Crippen LogP contribution in [-0.4, -0.2) is 38.6 Å². The van der Waals surface area contributed by atoms with E-state index in [4.69, 9.17) is 0 Å². The van der Waals surface area contributed by atoms with Crippen LogP contribution in [0.15, 0.2) is 29.2 Å². The van der Waals surface area contributed by atoms with Crippen LogP contribution in [0.3, 0.4) is 0 Å². The van der Waals surface area contributed by atoms with Crippen molar-refractivity contribution in [3.05, 3.63) is 29.8 Å². The van der Waals surface area contributed by atoms with Crippen molar-refractivity contribution >= 4 is 15.7 Å². The number of sulfone groups is 1. The number of carbonyl (C=O) groups excluding carboxylic acids is 1. The summed E-state index contributed by atoms with van der Waals surface area (Å²) in [7, 11) is -3.37. The molecule has 1 saturated heterocycles. The van der Waals surface area contributed by atoms with Crippen molar-refractivity contribution in [1.29, 1.82) is 0 Å². The zero-order chi connectivity index (χ0) is 13.9. The third-order valence-electron chi connectivity index (χ3n) is 3.41. The van der Waals surface area contributed by atoms with Gasteiger partial charge in [0.05, 0.1) is 10.5 Å². The van der Waals surface area contributed by atoms with Crippen molar-refractivity contribution in [1.82, 2.24) is 4.90 Å². The van der Waals surface area contributed by atoms with E-state index in [1.54, 1.807) is 23.1 Å². The van der Waals surface area contributed by atoms with Crippen LogP contribution >= 0.6 is 0 Å². The first-order valence-corrected chi connectivity index (χ1v) is 8.47. The molecule has 0 radical (unpaired) electrons. The second kappa shape index (κ2) is 5.74. The van der Waals surface area contributed by atoms with E-state index in [0.29, 0.717) is 5.56 Å². The second-order valence-corrected chi connectivity index (χ2v) is 6.96. The Morgan fingerprint density at radius 2 is 1.63 bits per heavy atom. The number of benzene rings is 1. The number of amides is 1. The first-order valence-electron chi connectivity index (χ1n) is 6.58. The number of likely N-dealkylation sites (tertiary alicyclic amines) is 1. The molecule has 0 N–H and O–H groups in total. The van der Waals surface area contributed by atoms with Crippen LogP contribution < -0.4 is 0 Å². The maximum Gasteiger partial charge on any atom is 0.255 e. The summed E-state index contributed by atoms with van der Waals surface area (Å²) in [6, 6.07) is 6.46. The van der Waals surface area contributed by atoms with E-state index in [1.807, 2.05) is 0 Å². The zero-order valence-corrected chi connectivity index (χ0v) is 11.9. The van der Waals surface area contributed by atoms with E-state index in [9.17, 15) is 13.2 Å². The van der Waals surface area contributed by atoms with Crippen molar-refractivity contribution in [2.45, 2.75) is 30.6 Å². The summed E-state index contributed by atoms with van der Waals surface area (Å²) < 4.78 is 23.5. The molecular formula is C14H19NO3S. The van der Waals surface area contributed by atoms with Gasteiger partial charge >= 0.3 is 0 Å². The number of hydrogen-bond donors (Lipinski definition) is 0. The molecule has 19 heavy (non-hydrogen) atoms. The first kappa shape index (κ1) is 14.1. The van der Waals surface area contributed by atoms with Gasteiger partial charge in [0, 0.05) is 19.3 Å². The largest absolute Gasteiger partial charge is 0.339 e. The average Bonchev–Trinajstić information content (AvgIpc) is 2.66. The van der Waals surface area contributed by atoms with Gasteiger partial charge in [-0.2, -0.15) is 0 Å². The Labute approximate surface area is 114 Å². The molecule has 1 aliphatic rings. The van der Waals surface area contributed by atoms with Crippen LogP contribution in [0.4, 0.5) is 0 Å². The molecule has 5 heteroatoms. The number of carbonyl (C=O) groups is 1. The Morgan fingerprint density at radius 1 is 1.05 bits per heavy atom. The van der Waals surface area contributed by atoms with Crippen molar-refractivity contribution in [3.63, 3.8) is 0 Å². The van der Waals surface area contributed by atoms with Crippen LogP contribution in [-0.2, 0) is 9.84 Å². The Bertz CT molecular complexity index is 558. The fourth-order valence-electron chi connectivity index (χ4n) is 2.41. The zero-order valence-electron chi connectivity index (χ0n) is 11.1. The van der Waals surface area contributed by atoms with Crippen LogP contribution in [0.2, 0.25) is 0 Å². The average molecular weight is 281 g/mol. The van der Waals surface area contributed by atoms with Gasteiger partial charge in [0.1, 0.15) is 0 Å². The molecule has 0 aliphatic carbocycles. The Balaban J connectivity index is 2.33. The molecule has 1 heterocycles. The maximum atomic E-state index is 12.5. The molecule has 1 fully saturated rings. The molecule has 1 aliphatic heterocycles. The molecule has 0 bridgehead atoms. The topological polar surface area (TPSA) is 54.5 Å². The molecule has 0 aromatic heterocycles. The van der Waals surface area contributed by atoms with Gasteiger partial charge in [0.2, 0.25) is 0 Å². The highest BCUT2D eigenvalue weighted by molar-refractivity contribution is 7.90. The van der Waals surface area contributed by atoms with Gasteiger partial charge in [-0.25, -0.2) is 8.42 Å². The lowest BCUT2D eigenvalue weighted by atomic mass is 10.2. The van der Waals surface area contributed by atoms with Gasteiger partial charge in [-0.15, -0.1) is 0 Å². The summed E-state index contributed by atoms with van der Waals surface area (Å²) in [4.78, 5) is 14.4. The summed E-state index contributed by atoms with van der Waals surface area (Å²) in [6.45, 7) is 1.44. The lowest BCUT2D eigenvalue weighted by Gasteiger charge is -2.21. The summed E-state index contributed by atoms with van der Waals surface area (Å²) in [5.74, 6) is -0.164. The monoisotopic (exact) mass is 281 g/mol. The van der Waals surface area contributed by atoms with E-state index in [0.717, 1.165) is 45.0 Å². The summed E-state index contributed by atoms with van der Waals surface area (Å²) in [6.07, 6.45) is 5.40. The molecule has 4 nitrogen and oxygen atoms in total. The highest BCUT2D eigenvalue weighted by Gasteiger charge is 2.23. The molecule has 104 valence electrons. The maximum absolute atomic E-state index is 12.5. The highest BCUT2D eigenvalue weighted by atomic mass is 32.2. The van der Waals surface area contributed by atoms with E-state index >= 15 is 0 Å². The van der Waals surface area contributed by atoms with Crippen LogP contribution in [0.25, 0.3) is 0 Å². The van der Waals surface area contributed by atoms with E-state index < -0.39 is 9.84 Å². The minimum atomic E-state index is -3.37. The van der Waals surface area contributed by atoms with Crippen LogP contribution in [0.5, 0.6) is 0 Å². The number of rotatable bonds is 2. The normalized spacial score (nSPS) is 17.0. The fraction of sp³-hybridized carbons (Fsp3) is 0.500. The van der Waals surface area contributed by atoms with Gasteiger partial charge in [0.15, 0.2) is 9.84 Å². The lowest BCUT2D eigenvalue weighted by Crippen LogP contribution is -2.32. The standard InChI is InChI=1S/C14H19NO3S/c1-19(17,18)13-9-5-4-8-12(13)14(16)15-10-6-2-3-7-11-15/h4-5,8-9H,2-3,6-7,10-11H2,1H3. The second-order valence-electron chi connectivity index (χ2n) is 4.97. The minimum Gasteiger partial charge on any atom is -0.339 e. The van der Waals surface area contributed by atoms with Crippen LogP contribution in [0.1, 0.15) is 36.0 Å². The van der Waals surface area contributed by atoms with E-state index in [1.165, 1.54) is 6.07 Å². The molecule has 1 amide bonds. The number of hydrogen-bond acceptors (Lipinski definition) is 3. The first-order chi connectivity index (χ1) is 9.00. The van der Waals surface area contributed by atoms with Gasteiger partial charge in [-0.05, 0) is 25.0 Å². The summed E-state index contributed by atoms with van der Waals surface area (Å²) in [5, 5.41) is 0. The van der Waals surface area contributed by atoms with Gasteiger partial charge < -0.3 is 4.90 Å². The third kappa shape index (κ3) is 3.35. The van der Waals surface area contributed by atoms with Crippen molar-refractivity contribution < 1.29 is 13.2 Å². The SMILES string of the molecule is CS(=O)(=O)c1ccccc1C(=O)N1CCCCCC1. The molecule has 0 saturated carbocycles. The smallest absolute Gasteiger partial charge is 0.255 e. The molecular weight excluding hydrogens is 262 g/mol. The highest BCUT2D eigenvalue weighted by Crippen LogP contribution is 2.19. The molecule has 2 rings (SSSR count). The minimum absolute atomic E-state index is 0.129. The Morgan fingerprint density at radius 3 is 2.21 bits per heavy atom. The quantitative estimate of drug-likeness (QED) is 0.834. The van der Waals surface area contributed by atoms with Gasteiger partial charge in [-0.1, -0.05) is 25.0 Å². The van der Waals surface area contributed by atoms with E-state index in [-0.39, 0.29) is 10.8 Å². The third-order valence-corrected chi connectivity index (χ3v) is 4.57. The predicted molar refractivity (Wildman–Crippen MR) is 73.9 cm³/mol. The molecule has 1 aromatic rings. The number of nitrogens with zero attached hydrogens (tertiary/aromatic N) is 1. The van der Waals surface area contributed by atoms with Crippen molar-refractivity contribution in [2.24, 2.45) is 0 Å². The van der Waals surface area contributed by atoms with Crippen molar-refractivity contribution in [2.75, 3.05) is 19.3 Å². The lowest BCUT2D eigenvalue weighted by molar-refractivity contribution is 0.0758. The van der Waals surface area contributed by atoms with Gasteiger partial charge in [0.25, 0.3) is 5.91 Å². The molecule has 1 aromatic carbocycles. The van der Waals surface area contributed by atoms with Crippen molar-refractivity contribution in [3.8, 4) is 0 Å². The summed E-state index contributed by atoms with van der Waals surface area (Å²) >= 11 is 0. The molecule has 0 unspecified atom stereocenters. The summed E-state index contributed by atoms with van der Waals surface area (Å²) in [5.41, 5.74) is 0.298. The van der Waals surface area contributed by atoms with E-state index in [2.05, 4.69) is 0 Å². The Kier molecular flexibility index (Phi) is 4.24. The van der Waals surface area contributed by atoms with Crippen LogP contribution in [0, 0.1) is 0 Å². The fourth-order valence-corrected chi connectivity index (χ4v) is 3.29. The van der Waals surface area contributed by atoms with Gasteiger partial charge in [-0.3, -0.25) is 4.79 Å².